The molecule has 0 spiro atoms. The highest BCUT2D eigenvalue weighted by atomic mass is 32.1. The lowest BCUT2D eigenvalue weighted by atomic mass is 9.78. The average molecular weight is 286 g/mol. The predicted octanol–water partition coefficient (Wildman–Crippen LogP) is 3.41. The van der Waals surface area contributed by atoms with Gasteiger partial charge in [-0.1, -0.05) is 46.8 Å². The van der Waals surface area contributed by atoms with Crippen LogP contribution in [0.15, 0.2) is 0 Å². The van der Waals surface area contributed by atoms with Gasteiger partial charge in [0.05, 0.1) is 10.4 Å². The fourth-order valence-electron chi connectivity index (χ4n) is 2.83. The van der Waals surface area contributed by atoms with Gasteiger partial charge in [-0.3, -0.25) is 4.79 Å². The first kappa shape index (κ1) is 18.4. The lowest BCUT2D eigenvalue weighted by Gasteiger charge is -2.37. The summed E-state index contributed by atoms with van der Waals surface area (Å²) in [6.07, 6.45) is 2.17. The van der Waals surface area contributed by atoms with Gasteiger partial charge >= 0.3 is 0 Å². The van der Waals surface area contributed by atoms with Gasteiger partial charge in [0.1, 0.15) is 0 Å². The molecule has 0 radical (unpaired) electrons. The topological polar surface area (TPSA) is 55.1 Å². The van der Waals surface area contributed by atoms with Crippen LogP contribution in [0, 0.1) is 10.8 Å². The monoisotopic (exact) mass is 286 g/mol. The number of thiocarbonyl (C=S) groups is 1. The van der Waals surface area contributed by atoms with E-state index in [0.29, 0.717) is 17.8 Å². The molecule has 112 valence electrons. The Hall–Kier alpha value is -0.640. The molecular weight excluding hydrogens is 256 g/mol. The quantitative estimate of drug-likeness (QED) is 0.736. The third-order valence-corrected chi connectivity index (χ3v) is 3.93. The van der Waals surface area contributed by atoms with Crippen LogP contribution < -0.4 is 11.1 Å². The molecule has 4 heteroatoms. The minimum absolute atomic E-state index is 0.0424. The van der Waals surface area contributed by atoms with E-state index in [1.54, 1.807) is 0 Å². The molecule has 0 heterocycles. The number of hydrogen-bond donors (Lipinski definition) is 2. The molecule has 0 atom stereocenters. The van der Waals surface area contributed by atoms with E-state index in [1.807, 2.05) is 27.7 Å². The van der Waals surface area contributed by atoms with Crippen molar-refractivity contribution >= 4 is 23.1 Å². The molecule has 1 amide bonds. The number of rotatable bonds is 6. The largest absolute Gasteiger partial charge is 0.392 e. The summed E-state index contributed by atoms with van der Waals surface area (Å²) in [7, 11) is 0. The van der Waals surface area contributed by atoms with Gasteiger partial charge in [-0.2, -0.15) is 0 Å². The van der Waals surface area contributed by atoms with Crippen molar-refractivity contribution in [3.8, 4) is 0 Å². The van der Waals surface area contributed by atoms with Crippen LogP contribution in [0.25, 0.3) is 0 Å². The lowest BCUT2D eigenvalue weighted by molar-refractivity contribution is -0.129. The lowest BCUT2D eigenvalue weighted by Crippen LogP contribution is -2.55. The molecular formula is C15H30N2OS. The molecule has 0 bridgehead atoms. The van der Waals surface area contributed by atoms with Crippen LogP contribution in [0.3, 0.4) is 0 Å². The van der Waals surface area contributed by atoms with E-state index in [1.165, 1.54) is 0 Å². The van der Waals surface area contributed by atoms with E-state index in [-0.39, 0.29) is 16.9 Å². The van der Waals surface area contributed by atoms with Crippen LogP contribution in [0.4, 0.5) is 0 Å². The Bertz CT molecular complexity index is 339. The second-order valence-electron chi connectivity index (χ2n) is 7.23. The Balaban J connectivity index is 5.07. The summed E-state index contributed by atoms with van der Waals surface area (Å²) in [6.45, 7) is 14.5. The first-order valence-electron chi connectivity index (χ1n) is 7.03. The molecule has 0 unspecified atom stereocenters. The standard InChI is InChI=1S/C15H30N2OS/c1-8-15(9-2,11(16)19)12(18)17-14(6,7)10-13(3,4)5/h8-10H2,1-7H3,(H2,16,19)(H,17,18). The Kier molecular flexibility index (Phi) is 6.00. The number of carbonyl (C=O) groups is 1. The van der Waals surface area contributed by atoms with Gasteiger partial charge in [-0.15, -0.1) is 0 Å². The van der Waals surface area contributed by atoms with Gasteiger partial charge in [-0.05, 0) is 38.5 Å². The van der Waals surface area contributed by atoms with Gasteiger partial charge in [0.15, 0.2) is 0 Å². The number of nitrogens with one attached hydrogen (secondary N) is 1. The first-order chi connectivity index (χ1) is 8.40. The van der Waals surface area contributed by atoms with Crippen LogP contribution >= 0.6 is 12.2 Å². The van der Waals surface area contributed by atoms with Crippen molar-refractivity contribution < 1.29 is 4.79 Å². The highest BCUT2D eigenvalue weighted by Gasteiger charge is 2.40. The van der Waals surface area contributed by atoms with Crippen LogP contribution in [0.1, 0.15) is 67.7 Å². The van der Waals surface area contributed by atoms with Gasteiger partial charge < -0.3 is 11.1 Å². The summed E-state index contributed by atoms with van der Waals surface area (Å²) in [5.41, 5.74) is 4.98. The number of nitrogens with two attached hydrogens (primary N) is 1. The zero-order chi connectivity index (χ0) is 15.5. The fraction of sp³-hybridized carbons (Fsp3) is 0.867. The highest BCUT2D eigenvalue weighted by Crippen LogP contribution is 2.31. The molecule has 0 rings (SSSR count). The summed E-state index contributed by atoms with van der Waals surface area (Å²) in [4.78, 5) is 12.9. The molecule has 0 saturated carbocycles. The van der Waals surface area contributed by atoms with Crippen molar-refractivity contribution in [2.24, 2.45) is 16.6 Å². The van der Waals surface area contributed by atoms with Crippen molar-refractivity contribution in [2.45, 2.75) is 73.3 Å². The fourth-order valence-corrected chi connectivity index (χ4v) is 3.21. The van der Waals surface area contributed by atoms with Crippen LogP contribution in [-0.2, 0) is 4.79 Å². The molecule has 0 aromatic rings. The Morgan fingerprint density at radius 2 is 1.53 bits per heavy atom. The third kappa shape index (κ3) is 5.09. The van der Waals surface area contributed by atoms with E-state index in [9.17, 15) is 4.79 Å². The van der Waals surface area contributed by atoms with E-state index < -0.39 is 5.41 Å². The smallest absolute Gasteiger partial charge is 0.233 e. The molecule has 0 aliphatic rings. The summed E-state index contributed by atoms with van der Waals surface area (Å²) in [6, 6.07) is 0. The van der Waals surface area contributed by atoms with Crippen molar-refractivity contribution in [2.75, 3.05) is 0 Å². The van der Waals surface area contributed by atoms with E-state index in [4.69, 9.17) is 18.0 Å². The Labute approximate surface area is 123 Å². The summed E-state index contributed by atoms with van der Waals surface area (Å²) in [5, 5.41) is 3.13. The van der Waals surface area contributed by atoms with Gasteiger partial charge in [0.25, 0.3) is 0 Å². The summed E-state index contributed by atoms with van der Waals surface area (Å²) < 4.78 is 0. The highest BCUT2D eigenvalue weighted by molar-refractivity contribution is 7.80. The molecule has 0 aliphatic heterocycles. The molecule has 0 aliphatic carbocycles. The minimum Gasteiger partial charge on any atom is -0.392 e. The SMILES string of the molecule is CCC(CC)(C(=O)NC(C)(C)CC(C)(C)C)C(N)=S. The van der Waals surface area contributed by atoms with Gasteiger partial charge in [-0.25, -0.2) is 0 Å². The number of hydrogen-bond acceptors (Lipinski definition) is 2. The van der Waals surface area contributed by atoms with Crippen LogP contribution in [0.2, 0.25) is 0 Å². The average Bonchev–Trinajstić information content (AvgIpc) is 2.14. The zero-order valence-corrected chi connectivity index (χ0v) is 14.3. The van der Waals surface area contributed by atoms with Crippen LogP contribution in [-0.4, -0.2) is 16.4 Å². The molecule has 0 aromatic carbocycles. The van der Waals surface area contributed by atoms with Gasteiger partial charge in [0.2, 0.25) is 5.91 Å². The van der Waals surface area contributed by atoms with Crippen molar-refractivity contribution in [1.29, 1.82) is 0 Å². The molecule has 19 heavy (non-hydrogen) atoms. The third-order valence-electron chi connectivity index (χ3n) is 3.54. The Morgan fingerprint density at radius 3 is 1.79 bits per heavy atom. The van der Waals surface area contributed by atoms with E-state index in [2.05, 4.69) is 26.1 Å². The molecule has 0 saturated heterocycles. The number of amides is 1. The van der Waals surface area contributed by atoms with Crippen molar-refractivity contribution in [3.63, 3.8) is 0 Å². The maximum atomic E-state index is 12.6. The van der Waals surface area contributed by atoms with Crippen molar-refractivity contribution in [3.05, 3.63) is 0 Å². The maximum absolute atomic E-state index is 12.6. The van der Waals surface area contributed by atoms with Crippen LogP contribution in [0.5, 0.6) is 0 Å². The van der Waals surface area contributed by atoms with E-state index in [0.717, 1.165) is 6.42 Å². The minimum atomic E-state index is -0.718. The first-order valence-corrected chi connectivity index (χ1v) is 7.43. The second-order valence-corrected chi connectivity index (χ2v) is 7.67. The molecule has 3 nitrogen and oxygen atoms in total. The normalized spacial score (nSPS) is 13.2. The Morgan fingerprint density at radius 1 is 1.11 bits per heavy atom. The predicted molar refractivity (Wildman–Crippen MR) is 86.1 cm³/mol. The molecule has 0 fully saturated rings. The van der Waals surface area contributed by atoms with Gasteiger partial charge in [0, 0.05) is 5.54 Å². The molecule has 0 aromatic heterocycles. The summed E-state index contributed by atoms with van der Waals surface area (Å²) >= 11 is 5.12. The van der Waals surface area contributed by atoms with Crippen molar-refractivity contribution in [1.82, 2.24) is 5.32 Å². The second kappa shape index (κ2) is 6.21. The summed E-state index contributed by atoms with van der Waals surface area (Å²) in [5.74, 6) is -0.0424. The van der Waals surface area contributed by atoms with E-state index >= 15 is 0 Å². The maximum Gasteiger partial charge on any atom is 0.233 e. The molecule has 3 N–H and O–H groups in total. The number of carbonyl (C=O) groups excluding carboxylic acids is 1. The zero-order valence-electron chi connectivity index (χ0n) is 13.5.